The van der Waals surface area contributed by atoms with Gasteiger partial charge in [-0.1, -0.05) is 0 Å². The van der Waals surface area contributed by atoms with Crippen molar-refractivity contribution < 1.29 is 28.3 Å². The van der Waals surface area contributed by atoms with Crippen LogP contribution in [0.25, 0.3) is 0 Å². The van der Waals surface area contributed by atoms with Crippen LogP contribution in [0.1, 0.15) is 45.1 Å². The molecule has 0 spiro atoms. The zero-order chi connectivity index (χ0) is 26.6. The lowest BCUT2D eigenvalue weighted by Crippen LogP contribution is -2.49. The van der Waals surface area contributed by atoms with Crippen molar-refractivity contribution >= 4 is 29.1 Å². The van der Waals surface area contributed by atoms with E-state index in [9.17, 15) is 14.4 Å². The minimum atomic E-state index is -0.317. The van der Waals surface area contributed by atoms with Crippen LogP contribution >= 0.6 is 0 Å². The lowest BCUT2D eigenvalue weighted by atomic mass is 10.1. The van der Waals surface area contributed by atoms with Crippen molar-refractivity contribution in [1.82, 2.24) is 9.80 Å². The zero-order valence-electron chi connectivity index (χ0n) is 21.4. The standard InChI is InChI=1S/C28H30N4O6/c1-3-30(4-2)27(34)21-17-20(29-26(33)19-7-10-23-25(16-19)38-18-37-23)8-9-22(21)31-11-13-32(14-12-31)28(35)24-6-5-15-36-24/h5-10,15-17H,3-4,11-14,18H2,1-2H3,(H,29,33). The molecule has 5 rings (SSSR count). The largest absolute Gasteiger partial charge is 0.459 e. The van der Waals surface area contributed by atoms with Gasteiger partial charge in [-0.25, -0.2) is 0 Å². The summed E-state index contributed by atoms with van der Waals surface area (Å²) in [6.45, 7) is 7.26. The molecule has 1 aromatic heterocycles. The summed E-state index contributed by atoms with van der Waals surface area (Å²) in [5.74, 6) is 0.869. The number of nitrogens with one attached hydrogen (secondary N) is 1. The van der Waals surface area contributed by atoms with Crippen LogP contribution < -0.4 is 19.7 Å². The molecule has 3 heterocycles. The Labute approximate surface area is 220 Å². The summed E-state index contributed by atoms with van der Waals surface area (Å²) in [6.07, 6.45) is 1.49. The van der Waals surface area contributed by atoms with E-state index in [0.717, 1.165) is 5.69 Å². The van der Waals surface area contributed by atoms with Crippen molar-refractivity contribution in [2.24, 2.45) is 0 Å². The van der Waals surface area contributed by atoms with E-state index in [4.69, 9.17) is 13.9 Å². The molecule has 1 fully saturated rings. The van der Waals surface area contributed by atoms with Crippen LogP contribution in [0.4, 0.5) is 11.4 Å². The SMILES string of the molecule is CCN(CC)C(=O)c1cc(NC(=O)c2ccc3c(c2)OCO3)ccc1N1CCN(C(=O)c2ccco2)CC1. The summed E-state index contributed by atoms with van der Waals surface area (Å²) < 4.78 is 16.0. The van der Waals surface area contributed by atoms with Gasteiger partial charge in [0, 0.05) is 56.2 Å². The molecule has 2 aromatic carbocycles. The Morgan fingerprint density at radius 1 is 0.921 bits per heavy atom. The average Bonchev–Trinajstić information content (AvgIpc) is 3.65. The van der Waals surface area contributed by atoms with Gasteiger partial charge in [-0.05, 0) is 62.4 Å². The Kier molecular flexibility index (Phi) is 7.21. The number of amides is 3. The van der Waals surface area contributed by atoms with Crippen LogP contribution in [0.15, 0.2) is 59.2 Å². The van der Waals surface area contributed by atoms with Crippen molar-refractivity contribution in [3.63, 3.8) is 0 Å². The zero-order valence-corrected chi connectivity index (χ0v) is 21.4. The van der Waals surface area contributed by atoms with E-state index in [0.29, 0.717) is 73.3 Å². The van der Waals surface area contributed by atoms with E-state index >= 15 is 0 Å². The molecule has 1 N–H and O–H groups in total. The minimum absolute atomic E-state index is 0.113. The van der Waals surface area contributed by atoms with Crippen LogP contribution in [-0.4, -0.2) is 73.6 Å². The molecule has 198 valence electrons. The number of nitrogens with zero attached hydrogens (tertiary/aromatic N) is 3. The lowest BCUT2D eigenvalue weighted by molar-refractivity contribution is 0.0711. The van der Waals surface area contributed by atoms with Crippen LogP contribution in [0.2, 0.25) is 0 Å². The summed E-state index contributed by atoms with van der Waals surface area (Å²) in [4.78, 5) is 44.8. The third-order valence-corrected chi connectivity index (χ3v) is 6.81. The second-order valence-electron chi connectivity index (χ2n) is 8.99. The highest BCUT2D eigenvalue weighted by Gasteiger charge is 2.27. The molecule has 3 aromatic rings. The van der Waals surface area contributed by atoms with Gasteiger partial charge in [-0.2, -0.15) is 0 Å². The van der Waals surface area contributed by atoms with Crippen molar-refractivity contribution in [1.29, 1.82) is 0 Å². The van der Waals surface area contributed by atoms with Gasteiger partial charge in [0.2, 0.25) is 6.79 Å². The molecule has 0 bridgehead atoms. The minimum Gasteiger partial charge on any atom is -0.459 e. The van der Waals surface area contributed by atoms with E-state index in [1.165, 1.54) is 6.26 Å². The summed E-state index contributed by atoms with van der Waals surface area (Å²) in [5, 5.41) is 2.90. The highest BCUT2D eigenvalue weighted by atomic mass is 16.7. The monoisotopic (exact) mass is 518 g/mol. The first-order valence-electron chi connectivity index (χ1n) is 12.7. The number of anilines is 2. The first kappa shape index (κ1) is 25.2. The fourth-order valence-corrected chi connectivity index (χ4v) is 4.69. The number of benzene rings is 2. The predicted molar refractivity (Wildman–Crippen MR) is 141 cm³/mol. The van der Waals surface area contributed by atoms with E-state index in [1.807, 2.05) is 19.9 Å². The van der Waals surface area contributed by atoms with Crippen molar-refractivity contribution in [3.05, 3.63) is 71.7 Å². The molecule has 2 aliphatic rings. The van der Waals surface area contributed by atoms with Gasteiger partial charge in [0.15, 0.2) is 17.3 Å². The number of ether oxygens (including phenoxy) is 2. The molecular formula is C28H30N4O6. The van der Waals surface area contributed by atoms with Crippen LogP contribution in [0, 0.1) is 0 Å². The number of hydrogen-bond acceptors (Lipinski definition) is 7. The molecule has 0 radical (unpaired) electrons. The van der Waals surface area contributed by atoms with Gasteiger partial charge in [0.1, 0.15) is 0 Å². The first-order chi connectivity index (χ1) is 18.5. The highest BCUT2D eigenvalue weighted by molar-refractivity contribution is 6.06. The second kappa shape index (κ2) is 10.9. The molecular weight excluding hydrogens is 488 g/mol. The molecule has 0 unspecified atom stereocenters. The van der Waals surface area contributed by atoms with Gasteiger partial charge in [0.05, 0.1) is 11.8 Å². The molecule has 38 heavy (non-hydrogen) atoms. The van der Waals surface area contributed by atoms with Crippen LogP contribution in [0.5, 0.6) is 11.5 Å². The topological polar surface area (TPSA) is 105 Å². The Balaban J connectivity index is 1.36. The normalized spacial score (nSPS) is 14.4. The van der Waals surface area contributed by atoms with Gasteiger partial charge in [-0.15, -0.1) is 0 Å². The Bertz CT molecular complexity index is 1330. The van der Waals surface area contributed by atoms with Crippen molar-refractivity contribution in [2.75, 3.05) is 56.3 Å². The quantitative estimate of drug-likeness (QED) is 0.509. The van der Waals surface area contributed by atoms with E-state index in [1.54, 1.807) is 52.3 Å². The summed E-state index contributed by atoms with van der Waals surface area (Å²) in [5.41, 5.74) is 2.21. The average molecular weight is 519 g/mol. The molecule has 2 aliphatic heterocycles. The van der Waals surface area contributed by atoms with Gasteiger partial charge in [-0.3, -0.25) is 14.4 Å². The number of carbonyl (C=O) groups excluding carboxylic acids is 3. The number of hydrogen-bond donors (Lipinski definition) is 1. The van der Waals surface area contributed by atoms with Crippen molar-refractivity contribution in [2.45, 2.75) is 13.8 Å². The fraction of sp³-hybridized carbons (Fsp3) is 0.321. The smallest absolute Gasteiger partial charge is 0.289 e. The molecule has 0 atom stereocenters. The molecule has 0 saturated carbocycles. The molecule has 10 nitrogen and oxygen atoms in total. The number of carbonyl (C=O) groups is 3. The van der Waals surface area contributed by atoms with Crippen LogP contribution in [0.3, 0.4) is 0 Å². The predicted octanol–water partition coefficient (Wildman–Crippen LogP) is 3.71. The third-order valence-electron chi connectivity index (χ3n) is 6.81. The Morgan fingerprint density at radius 3 is 2.39 bits per heavy atom. The van der Waals surface area contributed by atoms with Gasteiger partial charge in [0.25, 0.3) is 17.7 Å². The third kappa shape index (κ3) is 5.02. The summed E-state index contributed by atoms with van der Waals surface area (Å²) >= 11 is 0. The molecule has 1 saturated heterocycles. The molecule has 3 amide bonds. The Hall–Kier alpha value is -4.47. The number of furan rings is 1. The fourth-order valence-electron chi connectivity index (χ4n) is 4.69. The maximum absolute atomic E-state index is 13.5. The number of fused-ring (bicyclic) bond motifs is 1. The van der Waals surface area contributed by atoms with E-state index < -0.39 is 0 Å². The maximum atomic E-state index is 13.5. The highest BCUT2D eigenvalue weighted by Crippen LogP contribution is 2.33. The first-order valence-corrected chi connectivity index (χ1v) is 12.7. The maximum Gasteiger partial charge on any atom is 0.289 e. The number of rotatable bonds is 7. The number of piperazine rings is 1. The Morgan fingerprint density at radius 2 is 1.68 bits per heavy atom. The van der Waals surface area contributed by atoms with Crippen LogP contribution in [-0.2, 0) is 0 Å². The second-order valence-corrected chi connectivity index (χ2v) is 8.99. The summed E-state index contributed by atoms with van der Waals surface area (Å²) in [6, 6.07) is 13.7. The van der Waals surface area contributed by atoms with Gasteiger partial charge < -0.3 is 33.9 Å². The van der Waals surface area contributed by atoms with Crippen molar-refractivity contribution in [3.8, 4) is 11.5 Å². The molecule has 0 aliphatic carbocycles. The van der Waals surface area contributed by atoms with E-state index in [2.05, 4.69) is 10.2 Å². The molecule has 10 heteroatoms. The van der Waals surface area contributed by atoms with E-state index in [-0.39, 0.29) is 24.5 Å². The lowest BCUT2D eigenvalue weighted by Gasteiger charge is -2.37. The summed E-state index contributed by atoms with van der Waals surface area (Å²) in [7, 11) is 0. The van der Waals surface area contributed by atoms with Gasteiger partial charge >= 0.3 is 0 Å².